The number of rotatable bonds is 8. The van der Waals surface area contributed by atoms with E-state index in [1.807, 2.05) is 13.0 Å². The zero-order valence-corrected chi connectivity index (χ0v) is 16.3. The van der Waals surface area contributed by atoms with Crippen LogP contribution in [0.1, 0.15) is 59.9 Å². The molecule has 0 spiro atoms. The van der Waals surface area contributed by atoms with E-state index in [0.29, 0.717) is 6.42 Å². The summed E-state index contributed by atoms with van der Waals surface area (Å²) in [6.45, 7) is 3.63. The molecule has 0 aliphatic heterocycles. The summed E-state index contributed by atoms with van der Waals surface area (Å²) in [6.07, 6.45) is 1.84. The number of nitriles is 1. The maximum Gasteiger partial charge on any atom is 0.218 e. The molecule has 28 heavy (non-hydrogen) atoms. The molecule has 0 unspecified atom stereocenters. The number of aromatic nitrogens is 1. The number of hydrogen-bond acceptors (Lipinski definition) is 5. The number of carbonyl (C=O) groups excluding carboxylic acids is 2. The van der Waals surface area contributed by atoms with Gasteiger partial charge in [-0.1, -0.05) is 24.6 Å². The second-order valence-corrected chi connectivity index (χ2v) is 6.80. The van der Waals surface area contributed by atoms with Crippen LogP contribution in [0, 0.1) is 17.1 Å². The first kappa shape index (κ1) is 21.5. The van der Waals surface area contributed by atoms with E-state index in [4.69, 9.17) is 22.6 Å². The molecule has 2 rings (SSSR count). The van der Waals surface area contributed by atoms with Crippen LogP contribution in [0.2, 0.25) is 5.02 Å². The lowest BCUT2D eigenvalue weighted by Gasteiger charge is -2.23. The lowest BCUT2D eigenvalue weighted by Crippen LogP contribution is -2.34. The van der Waals surface area contributed by atoms with E-state index in [-0.39, 0.29) is 39.9 Å². The van der Waals surface area contributed by atoms with Crippen molar-refractivity contribution in [2.45, 2.75) is 38.8 Å². The van der Waals surface area contributed by atoms with Crippen molar-refractivity contribution in [1.82, 2.24) is 10.3 Å². The Hall–Kier alpha value is -2.82. The van der Waals surface area contributed by atoms with Crippen molar-refractivity contribution in [1.29, 1.82) is 5.26 Å². The van der Waals surface area contributed by atoms with Crippen LogP contribution in [0.5, 0.6) is 0 Å². The van der Waals surface area contributed by atoms with Gasteiger partial charge in [-0.2, -0.15) is 5.26 Å². The monoisotopic (exact) mass is 402 g/mol. The molecule has 0 radical (unpaired) electrons. The van der Waals surface area contributed by atoms with Crippen molar-refractivity contribution in [2.24, 2.45) is 5.73 Å². The zero-order chi connectivity index (χ0) is 20.8. The van der Waals surface area contributed by atoms with Crippen molar-refractivity contribution in [3.63, 3.8) is 0 Å². The van der Waals surface area contributed by atoms with Crippen LogP contribution in [0.3, 0.4) is 0 Å². The second kappa shape index (κ2) is 9.40. The maximum atomic E-state index is 15.3. The predicted octanol–water partition coefficient (Wildman–Crippen LogP) is 3.28. The number of halogens is 2. The molecule has 1 heterocycles. The standard InChI is InChI=1S/C20H20ClFN4O2/c1-3-16(26-11(2)8-17(24)27)14-6-7-15(21)18(19(14)22)20(28)12-4-5-13(9-23)25-10-12/h4-7,10-11,16,26H,3,8H2,1-2H3,(H2,24,27)/t11-,16-/m1/s1. The van der Waals surface area contributed by atoms with E-state index in [1.54, 1.807) is 6.92 Å². The third-order valence-corrected chi connectivity index (χ3v) is 4.58. The molecular formula is C20H20ClFN4O2. The minimum absolute atomic E-state index is 0.0179. The van der Waals surface area contributed by atoms with E-state index in [1.165, 1.54) is 30.5 Å². The number of benzene rings is 1. The largest absolute Gasteiger partial charge is 0.370 e. The SMILES string of the molecule is CC[C@@H](N[C@H](C)CC(N)=O)c1ccc(Cl)c(C(=O)c2ccc(C#N)nc2)c1F. The number of primary amides is 1. The van der Waals surface area contributed by atoms with Crippen LogP contribution < -0.4 is 11.1 Å². The quantitative estimate of drug-likeness (QED) is 0.658. The van der Waals surface area contributed by atoms with Crippen LogP contribution in [-0.4, -0.2) is 22.7 Å². The Balaban J connectivity index is 2.40. The Bertz CT molecular complexity index is 925. The first-order valence-electron chi connectivity index (χ1n) is 8.71. The number of ketones is 1. The fourth-order valence-electron chi connectivity index (χ4n) is 2.92. The Morgan fingerprint density at radius 3 is 2.61 bits per heavy atom. The van der Waals surface area contributed by atoms with Crippen molar-refractivity contribution in [2.75, 3.05) is 0 Å². The Morgan fingerprint density at radius 2 is 2.07 bits per heavy atom. The van der Waals surface area contributed by atoms with Gasteiger partial charge < -0.3 is 11.1 Å². The summed E-state index contributed by atoms with van der Waals surface area (Å²) in [4.78, 5) is 27.7. The van der Waals surface area contributed by atoms with E-state index in [9.17, 15) is 9.59 Å². The van der Waals surface area contributed by atoms with Gasteiger partial charge in [0, 0.05) is 35.8 Å². The van der Waals surface area contributed by atoms with Crippen LogP contribution in [-0.2, 0) is 4.79 Å². The molecular weight excluding hydrogens is 383 g/mol. The molecule has 0 aliphatic rings. The molecule has 0 saturated carbocycles. The number of hydrogen-bond donors (Lipinski definition) is 2. The third kappa shape index (κ3) is 4.91. The summed E-state index contributed by atoms with van der Waals surface area (Å²) in [5, 5.41) is 11.9. The first-order chi connectivity index (χ1) is 13.3. The summed E-state index contributed by atoms with van der Waals surface area (Å²) in [6, 6.07) is 6.92. The highest BCUT2D eigenvalue weighted by molar-refractivity contribution is 6.35. The van der Waals surface area contributed by atoms with Crippen molar-refractivity contribution < 1.29 is 14.0 Å². The average molecular weight is 403 g/mol. The molecule has 146 valence electrons. The molecule has 0 bridgehead atoms. The van der Waals surface area contributed by atoms with Gasteiger partial charge in [0.25, 0.3) is 0 Å². The minimum atomic E-state index is -0.729. The molecule has 0 aliphatic carbocycles. The molecule has 2 atom stereocenters. The van der Waals surface area contributed by atoms with E-state index in [2.05, 4.69) is 10.3 Å². The van der Waals surface area contributed by atoms with Crippen molar-refractivity contribution in [3.05, 3.63) is 63.7 Å². The third-order valence-electron chi connectivity index (χ3n) is 4.27. The summed E-state index contributed by atoms with van der Waals surface area (Å²) in [5.41, 5.74) is 5.50. The first-order valence-corrected chi connectivity index (χ1v) is 9.09. The Kier molecular flexibility index (Phi) is 7.21. The highest BCUT2D eigenvalue weighted by atomic mass is 35.5. The fraction of sp³-hybridized carbons (Fsp3) is 0.300. The number of nitrogens with two attached hydrogens (primary N) is 1. The fourth-order valence-corrected chi connectivity index (χ4v) is 3.15. The molecule has 1 aromatic carbocycles. The normalized spacial score (nSPS) is 12.8. The van der Waals surface area contributed by atoms with Crippen LogP contribution in [0.4, 0.5) is 4.39 Å². The molecule has 1 amide bonds. The highest BCUT2D eigenvalue weighted by Gasteiger charge is 2.25. The maximum absolute atomic E-state index is 15.3. The molecule has 0 fully saturated rings. The number of nitrogens with zero attached hydrogens (tertiary/aromatic N) is 2. The van der Waals surface area contributed by atoms with Crippen molar-refractivity contribution in [3.8, 4) is 6.07 Å². The minimum Gasteiger partial charge on any atom is -0.370 e. The van der Waals surface area contributed by atoms with Gasteiger partial charge >= 0.3 is 0 Å². The summed E-state index contributed by atoms with van der Waals surface area (Å²) < 4.78 is 15.3. The van der Waals surface area contributed by atoms with Gasteiger partial charge in [0.1, 0.15) is 17.6 Å². The number of carbonyl (C=O) groups is 2. The number of pyridine rings is 1. The average Bonchev–Trinajstić information content (AvgIpc) is 2.66. The Labute approximate surface area is 167 Å². The van der Waals surface area contributed by atoms with Crippen LogP contribution in [0.15, 0.2) is 30.5 Å². The summed E-state index contributed by atoms with van der Waals surface area (Å²) in [7, 11) is 0. The van der Waals surface area contributed by atoms with Crippen molar-refractivity contribution >= 4 is 23.3 Å². The smallest absolute Gasteiger partial charge is 0.218 e. The molecule has 0 saturated heterocycles. The molecule has 3 N–H and O–H groups in total. The topological polar surface area (TPSA) is 109 Å². The highest BCUT2D eigenvalue weighted by Crippen LogP contribution is 2.30. The van der Waals surface area contributed by atoms with E-state index in [0.717, 1.165) is 0 Å². The molecule has 6 nitrogen and oxygen atoms in total. The van der Waals surface area contributed by atoms with Gasteiger partial charge in [0.2, 0.25) is 5.91 Å². The lowest BCUT2D eigenvalue weighted by molar-refractivity contribution is -0.118. The van der Waals surface area contributed by atoms with E-state index < -0.39 is 23.5 Å². The van der Waals surface area contributed by atoms with Crippen LogP contribution >= 0.6 is 11.6 Å². The summed E-state index contributed by atoms with van der Waals surface area (Å²) >= 11 is 6.11. The number of nitrogens with one attached hydrogen (secondary N) is 1. The predicted molar refractivity (Wildman–Crippen MR) is 103 cm³/mol. The van der Waals surface area contributed by atoms with Gasteiger partial charge in [0.15, 0.2) is 5.78 Å². The van der Waals surface area contributed by atoms with Gasteiger partial charge in [-0.3, -0.25) is 9.59 Å². The zero-order valence-electron chi connectivity index (χ0n) is 15.5. The molecule has 2 aromatic rings. The lowest BCUT2D eigenvalue weighted by atomic mass is 9.96. The van der Waals surface area contributed by atoms with Gasteiger partial charge in [-0.15, -0.1) is 0 Å². The summed E-state index contributed by atoms with van der Waals surface area (Å²) in [5.74, 6) is -1.82. The second-order valence-electron chi connectivity index (χ2n) is 6.40. The van der Waals surface area contributed by atoms with Crippen LogP contribution in [0.25, 0.3) is 0 Å². The van der Waals surface area contributed by atoms with Gasteiger partial charge in [-0.25, -0.2) is 9.37 Å². The van der Waals surface area contributed by atoms with Gasteiger partial charge in [0.05, 0.1) is 10.6 Å². The molecule has 1 aromatic heterocycles. The van der Waals surface area contributed by atoms with E-state index >= 15 is 4.39 Å². The molecule has 8 heteroatoms. The number of amides is 1. The van der Waals surface area contributed by atoms with Gasteiger partial charge in [-0.05, 0) is 31.5 Å². The Morgan fingerprint density at radius 1 is 1.36 bits per heavy atom.